The van der Waals surface area contributed by atoms with E-state index in [-0.39, 0.29) is 0 Å². The lowest BCUT2D eigenvalue weighted by Crippen LogP contribution is -2.32. The summed E-state index contributed by atoms with van der Waals surface area (Å²) in [5.41, 5.74) is 3.11. The first-order valence-corrected chi connectivity index (χ1v) is 10.1. The lowest BCUT2D eigenvalue weighted by Gasteiger charge is -2.32. The van der Waals surface area contributed by atoms with Gasteiger partial charge in [-0.05, 0) is 61.2 Å². The van der Waals surface area contributed by atoms with Crippen LogP contribution in [0, 0.1) is 5.92 Å². The Labute approximate surface area is 172 Å². The minimum Gasteiger partial charge on any atom is -0.495 e. The molecule has 0 saturated carbocycles. The summed E-state index contributed by atoms with van der Waals surface area (Å²) >= 11 is 0. The molecule has 2 N–H and O–H groups in total. The predicted molar refractivity (Wildman–Crippen MR) is 119 cm³/mol. The van der Waals surface area contributed by atoms with E-state index in [0.717, 1.165) is 41.9 Å². The number of aromatic nitrogens is 2. The second-order valence-corrected chi connectivity index (χ2v) is 7.43. The van der Waals surface area contributed by atoms with Gasteiger partial charge in [-0.1, -0.05) is 19.1 Å². The molecule has 1 aliphatic heterocycles. The number of hydrogen-bond acceptors (Lipinski definition) is 6. The Balaban J connectivity index is 1.42. The second kappa shape index (κ2) is 8.82. The first-order valence-electron chi connectivity index (χ1n) is 10.1. The maximum absolute atomic E-state index is 5.37. The molecule has 1 fully saturated rings. The van der Waals surface area contributed by atoms with Gasteiger partial charge in [0.1, 0.15) is 11.6 Å². The maximum Gasteiger partial charge on any atom is 0.229 e. The molecule has 0 bridgehead atoms. The third-order valence-corrected chi connectivity index (χ3v) is 5.30. The quantitative estimate of drug-likeness (QED) is 0.603. The summed E-state index contributed by atoms with van der Waals surface area (Å²) < 4.78 is 5.37. The smallest absolute Gasteiger partial charge is 0.229 e. The van der Waals surface area contributed by atoms with E-state index in [9.17, 15) is 0 Å². The molecule has 0 radical (unpaired) electrons. The van der Waals surface area contributed by atoms with Gasteiger partial charge in [-0.25, -0.2) is 4.98 Å². The van der Waals surface area contributed by atoms with Crippen molar-refractivity contribution in [3.63, 3.8) is 0 Å². The van der Waals surface area contributed by atoms with Crippen LogP contribution in [0.2, 0.25) is 0 Å². The summed E-state index contributed by atoms with van der Waals surface area (Å²) in [4.78, 5) is 11.3. The molecule has 1 aliphatic rings. The second-order valence-electron chi connectivity index (χ2n) is 7.43. The average molecular weight is 390 g/mol. The van der Waals surface area contributed by atoms with Gasteiger partial charge in [0.2, 0.25) is 5.95 Å². The van der Waals surface area contributed by atoms with E-state index >= 15 is 0 Å². The molecule has 0 atom stereocenters. The molecule has 6 heteroatoms. The Morgan fingerprint density at radius 3 is 2.48 bits per heavy atom. The summed E-state index contributed by atoms with van der Waals surface area (Å²) in [6.07, 6.45) is 4.27. The van der Waals surface area contributed by atoms with Gasteiger partial charge in [0.25, 0.3) is 0 Å². The van der Waals surface area contributed by atoms with Gasteiger partial charge in [-0.3, -0.25) is 0 Å². The Bertz CT molecular complexity index is 936. The van der Waals surface area contributed by atoms with E-state index in [2.05, 4.69) is 56.7 Å². The first kappa shape index (κ1) is 19.1. The lowest BCUT2D eigenvalue weighted by atomic mass is 9.99. The number of anilines is 5. The van der Waals surface area contributed by atoms with Crippen LogP contribution in [0.25, 0.3) is 0 Å². The van der Waals surface area contributed by atoms with Gasteiger partial charge >= 0.3 is 0 Å². The molecule has 1 aromatic heterocycles. The molecule has 150 valence electrons. The van der Waals surface area contributed by atoms with Crippen molar-refractivity contribution in [3.8, 4) is 5.75 Å². The van der Waals surface area contributed by atoms with E-state index in [1.165, 1.54) is 18.5 Å². The van der Waals surface area contributed by atoms with Gasteiger partial charge in [-0.15, -0.1) is 0 Å². The van der Waals surface area contributed by atoms with Crippen molar-refractivity contribution in [2.24, 2.45) is 5.92 Å². The fourth-order valence-corrected chi connectivity index (χ4v) is 3.53. The molecule has 2 heterocycles. The monoisotopic (exact) mass is 389 g/mol. The highest BCUT2D eigenvalue weighted by Gasteiger charge is 2.15. The average Bonchev–Trinajstić information content (AvgIpc) is 2.76. The molecule has 0 unspecified atom stereocenters. The Morgan fingerprint density at radius 1 is 0.966 bits per heavy atom. The summed E-state index contributed by atoms with van der Waals surface area (Å²) in [7, 11) is 1.65. The number of piperidine rings is 1. The van der Waals surface area contributed by atoms with Gasteiger partial charge in [0.15, 0.2) is 0 Å². The lowest BCUT2D eigenvalue weighted by molar-refractivity contribution is 0.417. The number of methoxy groups -OCH3 is 1. The Hall–Kier alpha value is -3.28. The molecule has 1 saturated heterocycles. The van der Waals surface area contributed by atoms with E-state index in [1.54, 1.807) is 13.3 Å². The maximum atomic E-state index is 5.37. The highest BCUT2D eigenvalue weighted by Crippen LogP contribution is 2.27. The van der Waals surface area contributed by atoms with Crippen molar-refractivity contribution in [2.75, 3.05) is 35.7 Å². The number of ether oxygens (including phenoxy) is 1. The summed E-state index contributed by atoms with van der Waals surface area (Å²) in [5.74, 6) is 2.83. The van der Waals surface area contributed by atoms with Crippen molar-refractivity contribution >= 4 is 28.8 Å². The first-order chi connectivity index (χ1) is 14.2. The van der Waals surface area contributed by atoms with Crippen LogP contribution in [0.4, 0.5) is 28.8 Å². The zero-order valence-corrected chi connectivity index (χ0v) is 16.9. The molecular formula is C23H27N5O. The number of hydrogen-bond donors (Lipinski definition) is 2. The minimum absolute atomic E-state index is 0.513. The van der Waals surface area contributed by atoms with Gasteiger partial charge in [-0.2, -0.15) is 4.98 Å². The predicted octanol–water partition coefficient (Wildman–Crippen LogP) is 5.21. The van der Waals surface area contributed by atoms with Crippen LogP contribution in [0.15, 0.2) is 60.8 Å². The van der Waals surface area contributed by atoms with Crippen molar-refractivity contribution in [1.29, 1.82) is 0 Å². The molecule has 3 aromatic rings. The molecule has 29 heavy (non-hydrogen) atoms. The van der Waals surface area contributed by atoms with Crippen LogP contribution in [0.1, 0.15) is 19.8 Å². The summed E-state index contributed by atoms with van der Waals surface area (Å²) in [5, 5.41) is 6.57. The standard InChI is InChI=1S/C23H27N5O/c1-17-12-15-28(16-13-17)19-9-7-18(8-10-19)25-22-11-14-24-23(27-22)26-20-5-3-4-6-21(20)29-2/h3-11,14,17H,12-13,15-16H2,1-2H3,(H2,24,25,26,27). The van der Waals surface area contributed by atoms with Crippen molar-refractivity contribution in [2.45, 2.75) is 19.8 Å². The van der Waals surface area contributed by atoms with E-state index in [4.69, 9.17) is 4.74 Å². The third-order valence-electron chi connectivity index (χ3n) is 5.30. The fraction of sp³-hybridized carbons (Fsp3) is 0.304. The fourth-order valence-electron chi connectivity index (χ4n) is 3.53. The number of rotatable bonds is 6. The normalized spacial score (nSPS) is 14.5. The molecule has 0 spiro atoms. The Kier molecular flexibility index (Phi) is 5.79. The van der Waals surface area contributed by atoms with Crippen LogP contribution in [-0.2, 0) is 0 Å². The van der Waals surface area contributed by atoms with Crippen LogP contribution in [0.3, 0.4) is 0 Å². The number of benzene rings is 2. The van der Waals surface area contributed by atoms with Gasteiger partial charge < -0.3 is 20.3 Å². The topological polar surface area (TPSA) is 62.3 Å². The van der Waals surface area contributed by atoms with E-state index < -0.39 is 0 Å². The highest BCUT2D eigenvalue weighted by atomic mass is 16.5. The highest BCUT2D eigenvalue weighted by molar-refractivity contribution is 5.65. The Morgan fingerprint density at radius 2 is 1.72 bits per heavy atom. The molecular weight excluding hydrogens is 362 g/mol. The van der Waals surface area contributed by atoms with Crippen LogP contribution >= 0.6 is 0 Å². The van der Waals surface area contributed by atoms with E-state index in [1.807, 2.05) is 30.3 Å². The van der Waals surface area contributed by atoms with Gasteiger partial charge in [0, 0.05) is 30.7 Å². The van der Waals surface area contributed by atoms with Crippen molar-refractivity contribution in [3.05, 3.63) is 60.8 Å². The SMILES string of the molecule is COc1ccccc1Nc1nccc(Nc2ccc(N3CCC(C)CC3)cc2)n1. The molecule has 0 aliphatic carbocycles. The third kappa shape index (κ3) is 4.77. The van der Waals surface area contributed by atoms with Crippen molar-refractivity contribution in [1.82, 2.24) is 9.97 Å². The zero-order chi connectivity index (χ0) is 20.1. The van der Waals surface area contributed by atoms with Crippen LogP contribution < -0.4 is 20.3 Å². The van der Waals surface area contributed by atoms with Crippen molar-refractivity contribution < 1.29 is 4.74 Å². The van der Waals surface area contributed by atoms with E-state index in [0.29, 0.717) is 5.95 Å². The summed E-state index contributed by atoms with van der Waals surface area (Å²) in [6, 6.07) is 18.1. The minimum atomic E-state index is 0.513. The molecule has 2 aromatic carbocycles. The number of nitrogens with zero attached hydrogens (tertiary/aromatic N) is 3. The summed E-state index contributed by atoms with van der Waals surface area (Å²) in [6.45, 7) is 4.61. The molecule has 0 amide bonds. The van der Waals surface area contributed by atoms with Crippen LogP contribution in [0.5, 0.6) is 5.75 Å². The van der Waals surface area contributed by atoms with Crippen LogP contribution in [-0.4, -0.2) is 30.2 Å². The van der Waals surface area contributed by atoms with Gasteiger partial charge in [0.05, 0.1) is 12.8 Å². The zero-order valence-electron chi connectivity index (χ0n) is 16.9. The molecule has 6 nitrogen and oxygen atoms in total. The number of para-hydroxylation sites is 2. The number of nitrogens with one attached hydrogen (secondary N) is 2. The largest absolute Gasteiger partial charge is 0.495 e. The molecule has 4 rings (SSSR count).